The maximum Gasteiger partial charge on any atom is 0.224 e. The molecule has 9 nitrogen and oxygen atoms in total. The molecular weight excluding hydrogens is 484 g/mol. The van der Waals surface area contributed by atoms with Gasteiger partial charge in [0.15, 0.2) is 0 Å². The van der Waals surface area contributed by atoms with Gasteiger partial charge >= 0.3 is 0 Å². The van der Waals surface area contributed by atoms with Crippen molar-refractivity contribution in [3.63, 3.8) is 0 Å². The summed E-state index contributed by atoms with van der Waals surface area (Å²) in [6, 6.07) is 1.47. The summed E-state index contributed by atoms with van der Waals surface area (Å²) in [7, 11) is 0. The Morgan fingerprint density at radius 1 is 1.17 bits per heavy atom. The number of aromatic nitrogens is 4. The molecule has 5 N–H and O–H groups in total. The second-order valence-corrected chi connectivity index (χ2v) is 11.4. The Hall–Kier alpha value is -2.31. The van der Waals surface area contributed by atoms with Crippen LogP contribution in [0.5, 0.6) is 0 Å². The van der Waals surface area contributed by atoms with Crippen LogP contribution in [0, 0.1) is 18.8 Å². The van der Waals surface area contributed by atoms with Gasteiger partial charge in [0.05, 0.1) is 34.3 Å². The number of pyridine rings is 1. The number of hydrogen-bond acceptors (Lipinski definition) is 11. The number of rotatable bonds is 8. The van der Waals surface area contributed by atoms with Crippen molar-refractivity contribution < 1.29 is 15.3 Å². The van der Waals surface area contributed by atoms with Crippen molar-refractivity contribution in [1.82, 2.24) is 19.9 Å². The lowest BCUT2D eigenvalue weighted by Gasteiger charge is -2.21. The second kappa shape index (κ2) is 10.4. The van der Waals surface area contributed by atoms with Crippen molar-refractivity contribution >= 4 is 45.1 Å². The van der Waals surface area contributed by atoms with E-state index in [4.69, 9.17) is 15.0 Å². The topological polar surface area (TPSA) is 136 Å². The minimum absolute atomic E-state index is 0.184. The minimum Gasteiger partial charge on any atom is -0.396 e. The van der Waals surface area contributed by atoms with Crippen LogP contribution in [0.4, 0.5) is 11.8 Å². The number of fused-ring (bicyclic) bond motifs is 1. The van der Waals surface area contributed by atoms with Gasteiger partial charge in [-0.3, -0.25) is 4.98 Å². The van der Waals surface area contributed by atoms with Gasteiger partial charge in [-0.15, -0.1) is 23.1 Å². The number of anilines is 2. The monoisotopic (exact) mass is 514 g/mol. The number of aryl methyl sites for hydroxylation is 1. The van der Waals surface area contributed by atoms with Gasteiger partial charge in [-0.05, 0) is 37.2 Å². The molecule has 11 heteroatoms. The summed E-state index contributed by atoms with van der Waals surface area (Å²) >= 11 is 3.39. The van der Waals surface area contributed by atoms with Crippen LogP contribution in [0.2, 0.25) is 0 Å². The van der Waals surface area contributed by atoms with Crippen LogP contribution < -0.4 is 10.6 Å². The Morgan fingerprint density at radius 3 is 2.74 bits per heavy atom. The molecule has 5 rings (SSSR count). The Kier molecular flexibility index (Phi) is 7.21. The third kappa shape index (κ3) is 5.01. The van der Waals surface area contributed by atoms with Crippen molar-refractivity contribution in [1.29, 1.82) is 0 Å². The minimum atomic E-state index is -1.01. The van der Waals surface area contributed by atoms with E-state index in [1.165, 1.54) is 11.3 Å². The molecule has 0 aromatic carbocycles. The number of aliphatic hydroxyl groups excluding tert-OH is 3. The number of allylic oxidation sites excluding steroid dienone is 1. The largest absolute Gasteiger partial charge is 0.396 e. The summed E-state index contributed by atoms with van der Waals surface area (Å²) in [5, 5.41) is 40.7. The predicted molar refractivity (Wildman–Crippen MR) is 141 cm³/mol. The predicted octanol–water partition coefficient (Wildman–Crippen LogP) is 3.04. The average molecular weight is 515 g/mol. The molecule has 6 atom stereocenters. The van der Waals surface area contributed by atoms with Gasteiger partial charge in [0.2, 0.25) is 5.95 Å². The lowest BCUT2D eigenvalue weighted by Crippen LogP contribution is -2.35. The zero-order valence-electron chi connectivity index (χ0n) is 19.6. The van der Waals surface area contributed by atoms with E-state index < -0.39 is 18.2 Å². The summed E-state index contributed by atoms with van der Waals surface area (Å²) in [5.74, 6) is 1.21. The molecule has 2 aliphatic rings. The molecule has 1 fully saturated rings. The molecule has 2 unspecified atom stereocenters. The molecule has 3 aromatic heterocycles. The number of aliphatic hydroxyl groups is 3. The zero-order chi connectivity index (χ0) is 24.5. The van der Waals surface area contributed by atoms with Crippen molar-refractivity contribution in [2.75, 3.05) is 23.8 Å². The van der Waals surface area contributed by atoms with E-state index in [1.54, 1.807) is 12.4 Å². The summed E-state index contributed by atoms with van der Waals surface area (Å²) in [5.41, 5.74) is 2.32. The van der Waals surface area contributed by atoms with Gasteiger partial charge in [0.25, 0.3) is 0 Å². The fourth-order valence-electron chi connectivity index (χ4n) is 4.70. The van der Waals surface area contributed by atoms with E-state index in [1.807, 2.05) is 24.8 Å². The molecule has 1 saturated carbocycles. The Balaban J connectivity index is 1.44. The lowest BCUT2D eigenvalue weighted by atomic mass is 10.1. The van der Waals surface area contributed by atoms with E-state index in [0.717, 1.165) is 39.4 Å². The van der Waals surface area contributed by atoms with Gasteiger partial charge in [0.1, 0.15) is 22.4 Å². The highest BCUT2D eigenvalue weighted by Crippen LogP contribution is 2.38. The number of nitrogens with one attached hydrogen (secondary N) is 2. The summed E-state index contributed by atoms with van der Waals surface area (Å²) in [6.07, 6.45) is 5.12. The van der Waals surface area contributed by atoms with Crippen molar-refractivity contribution in [2.45, 2.75) is 50.2 Å². The number of thiazole rings is 1. The molecule has 0 bridgehead atoms. The summed E-state index contributed by atoms with van der Waals surface area (Å²) in [4.78, 5) is 18.4. The standard InChI is InChI=1S/C24H30N6O3S2/c1-12-5-8-34-17(12)4-7-26-24-27-13(2)19(23-29-16-10-25-6-3-18(16)35-23)22(30-24)28-15-9-14(11-31)20(32)21(15)33/h3,5-6,8,10,12,14-15,17,20-21,31-33H,4,7,9,11H2,1-2H3,(H2,26,27,28,30)/t12?,14-,15-,17?,20-,21+/m1/s1. The molecule has 35 heavy (non-hydrogen) atoms. The molecule has 186 valence electrons. The van der Waals surface area contributed by atoms with E-state index in [0.29, 0.717) is 29.4 Å². The fraction of sp³-hybridized carbons (Fsp3) is 0.500. The van der Waals surface area contributed by atoms with Crippen LogP contribution in [0.1, 0.15) is 25.5 Å². The zero-order valence-corrected chi connectivity index (χ0v) is 21.3. The van der Waals surface area contributed by atoms with Gasteiger partial charge in [-0.2, -0.15) is 4.98 Å². The third-order valence-electron chi connectivity index (χ3n) is 6.79. The molecule has 1 aliphatic heterocycles. The van der Waals surface area contributed by atoms with Gasteiger partial charge in [0, 0.05) is 30.5 Å². The molecule has 1 aliphatic carbocycles. The van der Waals surface area contributed by atoms with E-state index >= 15 is 0 Å². The van der Waals surface area contributed by atoms with Gasteiger partial charge in [-0.25, -0.2) is 9.97 Å². The molecule has 0 amide bonds. The Bertz CT molecular complexity index is 1190. The average Bonchev–Trinajstić information content (AvgIpc) is 3.52. The normalized spacial score (nSPS) is 28.1. The van der Waals surface area contributed by atoms with Crippen LogP contribution in [0.25, 0.3) is 20.8 Å². The smallest absolute Gasteiger partial charge is 0.224 e. The summed E-state index contributed by atoms with van der Waals surface area (Å²) in [6.45, 7) is 4.71. The van der Waals surface area contributed by atoms with Crippen LogP contribution >= 0.6 is 23.1 Å². The first kappa shape index (κ1) is 24.4. The lowest BCUT2D eigenvalue weighted by molar-refractivity contribution is 0.00446. The van der Waals surface area contributed by atoms with Crippen LogP contribution in [-0.2, 0) is 0 Å². The molecule has 0 saturated heterocycles. The Labute approximate surface area is 212 Å². The quantitative estimate of drug-likeness (QED) is 0.305. The Morgan fingerprint density at radius 2 is 2.03 bits per heavy atom. The fourth-order valence-corrected chi connectivity index (χ4v) is 6.86. The SMILES string of the molecule is Cc1nc(NCCC2SC=CC2C)nc(N[C@@H]2C[C@H](CO)[C@@H](O)[C@H]2O)c1-c1nc2cnccc2s1. The van der Waals surface area contributed by atoms with Crippen LogP contribution in [-0.4, -0.2) is 71.9 Å². The van der Waals surface area contributed by atoms with Crippen LogP contribution in [0.15, 0.2) is 29.9 Å². The van der Waals surface area contributed by atoms with Crippen molar-refractivity contribution in [3.8, 4) is 10.6 Å². The first-order valence-electron chi connectivity index (χ1n) is 11.8. The van der Waals surface area contributed by atoms with Gasteiger partial charge < -0.3 is 26.0 Å². The molecule has 0 radical (unpaired) electrons. The maximum absolute atomic E-state index is 10.6. The third-order valence-corrected chi connectivity index (χ3v) is 9.17. The molecule has 4 heterocycles. The molecule has 0 spiro atoms. The number of thioether (sulfide) groups is 1. The van der Waals surface area contributed by atoms with Crippen molar-refractivity contribution in [3.05, 3.63) is 35.6 Å². The summed E-state index contributed by atoms with van der Waals surface area (Å²) < 4.78 is 1.01. The molecular formula is C24H30N6O3S2. The first-order chi connectivity index (χ1) is 16.9. The second-order valence-electron chi connectivity index (χ2n) is 9.21. The number of nitrogens with zero attached hydrogens (tertiary/aromatic N) is 4. The molecule has 3 aromatic rings. The van der Waals surface area contributed by atoms with E-state index in [-0.39, 0.29) is 12.5 Å². The van der Waals surface area contributed by atoms with E-state index in [9.17, 15) is 15.3 Å². The van der Waals surface area contributed by atoms with Crippen molar-refractivity contribution in [2.24, 2.45) is 11.8 Å². The number of hydrogen-bond donors (Lipinski definition) is 5. The highest BCUT2D eigenvalue weighted by Gasteiger charge is 2.41. The highest BCUT2D eigenvalue weighted by atomic mass is 32.2. The van der Waals surface area contributed by atoms with Crippen LogP contribution in [0.3, 0.4) is 0 Å². The first-order valence-corrected chi connectivity index (χ1v) is 13.6. The van der Waals surface area contributed by atoms with Gasteiger partial charge in [-0.1, -0.05) is 13.0 Å². The maximum atomic E-state index is 10.6. The van der Waals surface area contributed by atoms with E-state index in [2.05, 4.69) is 34.0 Å². The highest BCUT2D eigenvalue weighted by molar-refractivity contribution is 8.03.